The molecule has 3 atom stereocenters. The van der Waals surface area contributed by atoms with Gasteiger partial charge in [0.2, 0.25) is 0 Å². The van der Waals surface area contributed by atoms with E-state index in [4.69, 9.17) is 9.84 Å². The molecular formula is C20H18N2O5. The Morgan fingerprint density at radius 3 is 2.67 bits per heavy atom. The van der Waals surface area contributed by atoms with Crippen molar-refractivity contribution in [1.82, 2.24) is 0 Å². The van der Waals surface area contributed by atoms with Gasteiger partial charge in [0.25, 0.3) is 5.69 Å². The summed E-state index contributed by atoms with van der Waals surface area (Å²) in [7, 11) is 1.49. The molecule has 0 bridgehead atoms. The maximum Gasteiger partial charge on any atom is 0.335 e. The van der Waals surface area contributed by atoms with Gasteiger partial charge in [0.1, 0.15) is 5.75 Å². The zero-order valence-electron chi connectivity index (χ0n) is 14.6. The highest BCUT2D eigenvalue weighted by molar-refractivity contribution is 5.87. The number of carboxylic acid groups (broad SMARTS) is 1. The number of allylic oxidation sites excluding steroid dienone is 2. The van der Waals surface area contributed by atoms with Gasteiger partial charge in [-0.25, -0.2) is 4.79 Å². The number of hydrogen-bond acceptors (Lipinski definition) is 5. The molecule has 0 radical (unpaired) electrons. The molecule has 1 aliphatic carbocycles. The number of nitrogens with one attached hydrogen (secondary N) is 1. The lowest BCUT2D eigenvalue weighted by molar-refractivity contribution is -0.385. The topological polar surface area (TPSA) is 102 Å². The largest absolute Gasteiger partial charge is 0.494 e. The molecule has 0 aromatic heterocycles. The minimum absolute atomic E-state index is 0.00992. The van der Waals surface area contributed by atoms with Gasteiger partial charge >= 0.3 is 5.97 Å². The van der Waals surface area contributed by atoms with Gasteiger partial charge in [0.15, 0.2) is 0 Å². The summed E-state index contributed by atoms with van der Waals surface area (Å²) in [5.41, 5.74) is 2.84. The van der Waals surface area contributed by atoms with Crippen LogP contribution >= 0.6 is 0 Å². The van der Waals surface area contributed by atoms with E-state index in [1.165, 1.54) is 13.2 Å². The summed E-state index contributed by atoms with van der Waals surface area (Å²) < 4.78 is 5.42. The Morgan fingerprint density at radius 2 is 2.04 bits per heavy atom. The molecule has 138 valence electrons. The van der Waals surface area contributed by atoms with Crippen molar-refractivity contribution in [1.29, 1.82) is 0 Å². The standard InChI is InChI=1S/C20H18N2O5/c1-27-17-10-13(22(25)26)9-16-14-3-2-4-15(14)18(21-19(16)17)11-5-7-12(8-6-11)20(23)24/h2-3,5-10,14-15,18,21H,4H2,1H3,(H,23,24)/t14-,15-,18-/m0/s1. The van der Waals surface area contributed by atoms with Gasteiger partial charge < -0.3 is 15.2 Å². The van der Waals surface area contributed by atoms with Crippen LogP contribution in [-0.4, -0.2) is 23.1 Å². The fourth-order valence-corrected chi connectivity index (χ4v) is 4.08. The highest BCUT2D eigenvalue weighted by Gasteiger charge is 2.40. The van der Waals surface area contributed by atoms with E-state index in [-0.39, 0.29) is 29.1 Å². The molecule has 0 saturated carbocycles. The van der Waals surface area contributed by atoms with Crippen LogP contribution in [-0.2, 0) is 0 Å². The van der Waals surface area contributed by atoms with Crippen molar-refractivity contribution in [2.45, 2.75) is 18.4 Å². The molecule has 7 heteroatoms. The Labute approximate surface area is 155 Å². The molecule has 1 aliphatic heterocycles. The van der Waals surface area contributed by atoms with Gasteiger partial charge in [-0.15, -0.1) is 0 Å². The molecule has 2 aliphatic rings. The first-order chi connectivity index (χ1) is 13.0. The molecular weight excluding hydrogens is 348 g/mol. The number of non-ortho nitro benzene ring substituents is 1. The molecule has 1 heterocycles. The van der Waals surface area contributed by atoms with E-state index < -0.39 is 10.9 Å². The average Bonchev–Trinajstić information content (AvgIpc) is 3.16. The maximum atomic E-state index is 11.3. The van der Waals surface area contributed by atoms with E-state index in [0.717, 1.165) is 23.2 Å². The smallest absolute Gasteiger partial charge is 0.335 e. The summed E-state index contributed by atoms with van der Waals surface area (Å²) in [5, 5.41) is 23.9. The first-order valence-corrected chi connectivity index (χ1v) is 8.62. The number of carbonyl (C=O) groups is 1. The van der Waals surface area contributed by atoms with Crippen molar-refractivity contribution in [2.24, 2.45) is 5.92 Å². The first-order valence-electron chi connectivity index (χ1n) is 8.62. The molecule has 7 nitrogen and oxygen atoms in total. The summed E-state index contributed by atoms with van der Waals surface area (Å²) in [6.45, 7) is 0. The Bertz CT molecular complexity index is 952. The first kappa shape index (κ1) is 17.1. The van der Waals surface area contributed by atoms with E-state index in [0.29, 0.717) is 5.75 Å². The number of nitro groups is 1. The average molecular weight is 366 g/mol. The zero-order chi connectivity index (χ0) is 19.1. The van der Waals surface area contributed by atoms with Crippen LogP contribution in [0.3, 0.4) is 0 Å². The fourth-order valence-electron chi connectivity index (χ4n) is 4.08. The highest BCUT2D eigenvalue weighted by atomic mass is 16.6. The van der Waals surface area contributed by atoms with Crippen LogP contribution in [0.2, 0.25) is 0 Å². The molecule has 4 rings (SSSR count). The third kappa shape index (κ3) is 2.81. The lowest BCUT2D eigenvalue weighted by Crippen LogP contribution is -2.29. The Kier molecular flexibility index (Phi) is 4.07. The van der Waals surface area contributed by atoms with Gasteiger partial charge in [-0.3, -0.25) is 10.1 Å². The molecule has 27 heavy (non-hydrogen) atoms. The second-order valence-electron chi connectivity index (χ2n) is 6.77. The predicted octanol–water partition coefficient (Wildman–Crippen LogP) is 4.13. The van der Waals surface area contributed by atoms with E-state index >= 15 is 0 Å². The predicted molar refractivity (Wildman–Crippen MR) is 99.4 cm³/mol. The van der Waals surface area contributed by atoms with E-state index in [1.54, 1.807) is 18.2 Å². The summed E-state index contributed by atoms with van der Waals surface area (Å²) in [4.78, 5) is 22.0. The molecule has 0 spiro atoms. The lowest BCUT2D eigenvalue weighted by Gasteiger charge is -2.38. The fraction of sp³-hybridized carbons (Fsp3) is 0.250. The van der Waals surface area contributed by atoms with Gasteiger partial charge in [-0.05, 0) is 35.6 Å². The Morgan fingerprint density at radius 1 is 1.30 bits per heavy atom. The van der Waals surface area contributed by atoms with Gasteiger partial charge in [-0.2, -0.15) is 0 Å². The second kappa shape index (κ2) is 6.42. The molecule has 2 aromatic carbocycles. The lowest BCUT2D eigenvalue weighted by atomic mass is 9.76. The number of carboxylic acids is 1. The van der Waals surface area contributed by atoms with Crippen LogP contribution in [0.15, 0.2) is 48.6 Å². The minimum atomic E-state index is -0.960. The van der Waals surface area contributed by atoms with Crippen molar-refractivity contribution < 1.29 is 19.6 Å². The van der Waals surface area contributed by atoms with Crippen LogP contribution in [0, 0.1) is 16.0 Å². The zero-order valence-corrected chi connectivity index (χ0v) is 14.6. The van der Waals surface area contributed by atoms with Crippen molar-refractivity contribution in [2.75, 3.05) is 12.4 Å². The SMILES string of the molecule is COc1cc([N+](=O)[O-])cc2c1N[C@@H](c1ccc(C(=O)O)cc1)[C@H]1CC=C[C@H]21. The third-order valence-corrected chi connectivity index (χ3v) is 5.36. The van der Waals surface area contributed by atoms with E-state index in [1.807, 2.05) is 12.1 Å². The van der Waals surface area contributed by atoms with Crippen molar-refractivity contribution >= 4 is 17.3 Å². The number of fused-ring (bicyclic) bond motifs is 3. The number of methoxy groups -OCH3 is 1. The minimum Gasteiger partial charge on any atom is -0.494 e. The van der Waals surface area contributed by atoms with Crippen LogP contribution in [0.5, 0.6) is 5.75 Å². The monoisotopic (exact) mass is 366 g/mol. The van der Waals surface area contributed by atoms with Crippen LogP contribution in [0.4, 0.5) is 11.4 Å². The molecule has 2 N–H and O–H groups in total. The molecule has 0 unspecified atom stereocenters. The summed E-state index contributed by atoms with van der Waals surface area (Å²) in [6, 6.07) is 9.82. The second-order valence-corrected chi connectivity index (χ2v) is 6.77. The number of anilines is 1. The number of nitro benzene ring substituents is 1. The number of nitrogens with zero attached hydrogens (tertiary/aromatic N) is 1. The highest BCUT2D eigenvalue weighted by Crippen LogP contribution is 2.53. The van der Waals surface area contributed by atoms with Crippen molar-refractivity contribution in [3.63, 3.8) is 0 Å². The summed E-state index contributed by atoms with van der Waals surface area (Å²) in [5.74, 6) is -0.290. The maximum absolute atomic E-state index is 11.3. The van der Waals surface area contributed by atoms with E-state index in [9.17, 15) is 14.9 Å². The number of aromatic carboxylic acids is 1. The van der Waals surface area contributed by atoms with E-state index in [2.05, 4.69) is 17.5 Å². The quantitative estimate of drug-likeness (QED) is 0.479. The summed E-state index contributed by atoms with van der Waals surface area (Å²) >= 11 is 0. The normalized spacial score (nSPS) is 22.5. The van der Waals surface area contributed by atoms with Crippen molar-refractivity contribution in [3.8, 4) is 5.75 Å². The van der Waals surface area contributed by atoms with Crippen LogP contribution in [0.1, 0.15) is 39.9 Å². The van der Waals surface area contributed by atoms with Gasteiger partial charge in [0, 0.05) is 12.0 Å². The van der Waals surface area contributed by atoms with Gasteiger partial charge in [0.05, 0.1) is 35.4 Å². The molecule has 2 aromatic rings. The number of benzene rings is 2. The van der Waals surface area contributed by atoms with Crippen LogP contribution < -0.4 is 10.1 Å². The molecule has 0 saturated heterocycles. The number of rotatable bonds is 4. The Hall–Kier alpha value is -3.35. The van der Waals surface area contributed by atoms with Crippen molar-refractivity contribution in [3.05, 3.63) is 75.4 Å². The number of ether oxygens (including phenoxy) is 1. The van der Waals surface area contributed by atoms with Gasteiger partial charge in [-0.1, -0.05) is 24.3 Å². The molecule has 0 amide bonds. The summed E-state index contributed by atoms with van der Waals surface area (Å²) in [6.07, 6.45) is 5.02. The van der Waals surface area contributed by atoms with Crippen LogP contribution in [0.25, 0.3) is 0 Å². The number of hydrogen-bond donors (Lipinski definition) is 2. The molecule has 0 fully saturated rings. The third-order valence-electron chi connectivity index (χ3n) is 5.36. The Balaban J connectivity index is 1.79.